The van der Waals surface area contributed by atoms with E-state index in [1.165, 1.54) is 0 Å². The average Bonchev–Trinajstić information content (AvgIpc) is 2.11. The topological polar surface area (TPSA) is 38.7 Å². The number of benzene rings is 1. The lowest BCUT2D eigenvalue weighted by Crippen LogP contribution is -1.98. The molecule has 1 N–H and O–H groups in total. The smallest absolute Gasteiger partial charge is 0.175 e. The van der Waals surface area contributed by atoms with Crippen LogP contribution in [0.4, 0.5) is 0 Å². The summed E-state index contributed by atoms with van der Waals surface area (Å²) >= 11 is 3.30. The number of aromatic hydroxyl groups is 1. The first-order valence-corrected chi connectivity index (χ1v) is 5.26. The van der Waals surface area contributed by atoms with Crippen LogP contribution in [0.1, 0.15) is 13.8 Å². The first-order chi connectivity index (χ1) is 6.69. The first kappa shape index (κ1) is 11.2. The third-order valence-corrected chi connectivity index (χ3v) is 2.17. The van der Waals surface area contributed by atoms with E-state index < -0.39 is 0 Å². The van der Waals surface area contributed by atoms with Crippen molar-refractivity contribution in [2.24, 2.45) is 0 Å². The molecule has 1 rings (SSSR count). The number of halogens is 1. The summed E-state index contributed by atoms with van der Waals surface area (Å²) in [6.07, 6.45) is 0. The van der Waals surface area contributed by atoms with Gasteiger partial charge in [-0.15, -0.1) is 0 Å². The minimum atomic E-state index is 0.156. The van der Waals surface area contributed by atoms with Crippen LogP contribution < -0.4 is 9.47 Å². The molecule has 0 aliphatic carbocycles. The zero-order valence-corrected chi connectivity index (χ0v) is 9.80. The van der Waals surface area contributed by atoms with E-state index in [1.807, 2.05) is 13.8 Å². The maximum atomic E-state index is 9.35. The molecule has 0 saturated carbocycles. The second-order valence-electron chi connectivity index (χ2n) is 2.62. The van der Waals surface area contributed by atoms with Crippen molar-refractivity contribution in [3.63, 3.8) is 0 Å². The Balaban J connectivity index is 3.07. The molecule has 0 heterocycles. The molecule has 0 aliphatic rings. The van der Waals surface area contributed by atoms with Gasteiger partial charge in [-0.3, -0.25) is 0 Å². The molecule has 1 aromatic carbocycles. The maximum absolute atomic E-state index is 9.35. The molecule has 78 valence electrons. The summed E-state index contributed by atoms with van der Waals surface area (Å²) in [5.74, 6) is 1.34. The molecule has 3 nitrogen and oxygen atoms in total. The Morgan fingerprint density at radius 1 is 1.21 bits per heavy atom. The van der Waals surface area contributed by atoms with Crippen LogP contribution >= 0.6 is 15.9 Å². The molecule has 0 radical (unpaired) electrons. The van der Waals surface area contributed by atoms with Crippen LogP contribution in [0.15, 0.2) is 16.6 Å². The summed E-state index contributed by atoms with van der Waals surface area (Å²) in [5.41, 5.74) is 0. The minimum absolute atomic E-state index is 0.156. The Morgan fingerprint density at radius 2 is 1.86 bits per heavy atom. The van der Waals surface area contributed by atoms with Crippen LogP contribution in [0.5, 0.6) is 17.2 Å². The Morgan fingerprint density at radius 3 is 2.43 bits per heavy atom. The van der Waals surface area contributed by atoms with E-state index in [1.54, 1.807) is 12.1 Å². The molecule has 0 saturated heterocycles. The number of hydrogen-bond donors (Lipinski definition) is 1. The van der Waals surface area contributed by atoms with Gasteiger partial charge >= 0.3 is 0 Å². The third-order valence-electron chi connectivity index (χ3n) is 1.58. The van der Waals surface area contributed by atoms with Gasteiger partial charge in [0.15, 0.2) is 11.5 Å². The Kier molecular flexibility index (Phi) is 4.07. The predicted octanol–water partition coefficient (Wildman–Crippen LogP) is 2.95. The molecule has 0 fully saturated rings. The van der Waals surface area contributed by atoms with Crippen LogP contribution in [0.25, 0.3) is 0 Å². The van der Waals surface area contributed by atoms with Gasteiger partial charge in [0.2, 0.25) is 0 Å². The van der Waals surface area contributed by atoms with Gasteiger partial charge in [-0.2, -0.15) is 0 Å². The van der Waals surface area contributed by atoms with E-state index in [0.717, 1.165) is 0 Å². The molecule has 4 heteroatoms. The summed E-state index contributed by atoms with van der Waals surface area (Å²) in [6.45, 7) is 4.88. The van der Waals surface area contributed by atoms with Crippen LogP contribution in [0.3, 0.4) is 0 Å². The van der Waals surface area contributed by atoms with Crippen molar-refractivity contribution >= 4 is 15.9 Å². The zero-order chi connectivity index (χ0) is 10.6. The van der Waals surface area contributed by atoms with Gasteiger partial charge in [-0.25, -0.2) is 0 Å². The maximum Gasteiger partial charge on any atom is 0.175 e. The van der Waals surface area contributed by atoms with Crippen LogP contribution in [-0.2, 0) is 0 Å². The molecule has 0 atom stereocenters. The molecule has 0 bridgehead atoms. The molecule has 0 aromatic heterocycles. The van der Waals surface area contributed by atoms with E-state index in [4.69, 9.17) is 9.47 Å². The third kappa shape index (κ3) is 2.54. The van der Waals surface area contributed by atoms with E-state index >= 15 is 0 Å². The number of rotatable bonds is 4. The van der Waals surface area contributed by atoms with Gasteiger partial charge < -0.3 is 14.6 Å². The summed E-state index contributed by atoms with van der Waals surface area (Å²) in [6, 6.07) is 3.12. The van der Waals surface area contributed by atoms with Crippen molar-refractivity contribution in [3.05, 3.63) is 16.6 Å². The monoisotopic (exact) mass is 260 g/mol. The summed E-state index contributed by atoms with van der Waals surface area (Å²) in [4.78, 5) is 0. The normalized spacial score (nSPS) is 9.93. The van der Waals surface area contributed by atoms with Gasteiger partial charge in [0.05, 0.1) is 17.7 Å². The molecular formula is C10H13BrO3. The lowest BCUT2D eigenvalue weighted by atomic mass is 10.3. The number of phenolic OH excluding ortho intramolecular Hbond substituents is 1. The first-order valence-electron chi connectivity index (χ1n) is 4.47. The lowest BCUT2D eigenvalue weighted by Gasteiger charge is -2.12. The highest BCUT2D eigenvalue weighted by Gasteiger charge is 2.10. The molecule has 14 heavy (non-hydrogen) atoms. The van der Waals surface area contributed by atoms with Crippen molar-refractivity contribution in [1.82, 2.24) is 0 Å². The van der Waals surface area contributed by atoms with Gasteiger partial charge in [-0.05, 0) is 35.8 Å². The van der Waals surface area contributed by atoms with Crippen molar-refractivity contribution in [2.45, 2.75) is 13.8 Å². The lowest BCUT2D eigenvalue weighted by molar-refractivity contribution is 0.284. The highest BCUT2D eigenvalue weighted by atomic mass is 79.9. The van der Waals surface area contributed by atoms with Gasteiger partial charge in [-0.1, -0.05) is 0 Å². The number of ether oxygens (including phenoxy) is 2. The zero-order valence-electron chi connectivity index (χ0n) is 8.21. The van der Waals surface area contributed by atoms with E-state index in [9.17, 15) is 5.11 Å². The van der Waals surface area contributed by atoms with Crippen LogP contribution in [-0.4, -0.2) is 18.3 Å². The van der Waals surface area contributed by atoms with Crippen molar-refractivity contribution in [1.29, 1.82) is 0 Å². The Bertz CT molecular complexity index is 312. The van der Waals surface area contributed by atoms with E-state index in [0.29, 0.717) is 29.2 Å². The Labute approximate surface area is 91.8 Å². The highest BCUT2D eigenvalue weighted by molar-refractivity contribution is 9.10. The van der Waals surface area contributed by atoms with Gasteiger partial charge in [0.25, 0.3) is 0 Å². The van der Waals surface area contributed by atoms with E-state index in [-0.39, 0.29) is 5.75 Å². The number of phenols is 1. The highest BCUT2D eigenvalue weighted by Crippen LogP contribution is 2.38. The van der Waals surface area contributed by atoms with Crippen molar-refractivity contribution < 1.29 is 14.6 Å². The molecule has 0 amide bonds. The minimum Gasteiger partial charge on any atom is -0.508 e. The molecule has 1 aromatic rings. The quantitative estimate of drug-likeness (QED) is 0.905. The summed E-state index contributed by atoms with van der Waals surface area (Å²) < 4.78 is 11.4. The van der Waals surface area contributed by atoms with Gasteiger partial charge in [0, 0.05) is 6.07 Å². The van der Waals surface area contributed by atoms with Crippen molar-refractivity contribution in [2.75, 3.05) is 13.2 Å². The second kappa shape index (κ2) is 5.10. The van der Waals surface area contributed by atoms with E-state index in [2.05, 4.69) is 15.9 Å². The molecule has 0 aliphatic heterocycles. The number of hydrogen-bond acceptors (Lipinski definition) is 3. The largest absolute Gasteiger partial charge is 0.508 e. The fourth-order valence-corrected chi connectivity index (χ4v) is 1.65. The fraction of sp³-hybridized carbons (Fsp3) is 0.400. The standard InChI is InChI=1S/C10H13BrO3/c1-3-13-9-6-7(12)5-8(11)10(9)14-4-2/h5-6,12H,3-4H2,1-2H3. The Hall–Kier alpha value is -0.900. The average molecular weight is 261 g/mol. The molecule has 0 unspecified atom stereocenters. The van der Waals surface area contributed by atoms with Crippen molar-refractivity contribution in [3.8, 4) is 17.2 Å². The molecule has 0 spiro atoms. The van der Waals surface area contributed by atoms with Crippen LogP contribution in [0.2, 0.25) is 0 Å². The second-order valence-corrected chi connectivity index (χ2v) is 3.48. The summed E-state index contributed by atoms with van der Waals surface area (Å²) in [7, 11) is 0. The predicted molar refractivity (Wildman–Crippen MR) is 58.1 cm³/mol. The van der Waals surface area contributed by atoms with Crippen LogP contribution in [0, 0.1) is 0 Å². The summed E-state index contributed by atoms with van der Waals surface area (Å²) in [5, 5.41) is 9.35. The fourth-order valence-electron chi connectivity index (χ4n) is 1.10. The SMILES string of the molecule is CCOc1cc(O)cc(Br)c1OCC. The molecular weight excluding hydrogens is 248 g/mol. The van der Waals surface area contributed by atoms with Gasteiger partial charge in [0.1, 0.15) is 5.75 Å².